The lowest BCUT2D eigenvalue weighted by Gasteiger charge is -2.35. The van der Waals surface area contributed by atoms with Gasteiger partial charge in [-0.3, -0.25) is 5.32 Å². The summed E-state index contributed by atoms with van der Waals surface area (Å²) in [4.78, 5) is 12.0. The summed E-state index contributed by atoms with van der Waals surface area (Å²) >= 11 is 1.67. The van der Waals surface area contributed by atoms with Gasteiger partial charge in [0.2, 0.25) is 0 Å². The Hall–Kier alpha value is -1.04. The predicted molar refractivity (Wildman–Crippen MR) is 81.1 cm³/mol. The number of carbonyl (C=O) groups is 1. The van der Waals surface area contributed by atoms with Crippen molar-refractivity contribution >= 4 is 17.7 Å². The summed E-state index contributed by atoms with van der Waals surface area (Å²) in [6.07, 6.45) is 0. The van der Waals surface area contributed by atoms with Gasteiger partial charge in [-0.1, -0.05) is 30.3 Å². The zero-order chi connectivity index (χ0) is 14.6. The van der Waals surface area contributed by atoms with Crippen molar-refractivity contribution in [1.29, 1.82) is 0 Å². The third kappa shape index (κ3) is 3.34. The molecule has 2 rings (SSSR count). The highest BCUT2D eigenvalue weighted by Gasteiger charge is 2.41. The quantitative estimate of drug-likeness (QED) is 0.807. The molecule has 20 heavy (non-hydrogen) atoms. The molecule has 1 heterocycles. The predicted octanol–water partition coefficient (Wildman–Crippen LogP) is 2.10. The summed E-state index contributed by atoms with van der Waals surface area (Å²) in [6.45, 7) is 5.38. The number of carboxylic acids is 1. The first-order chi connectivity index (χ1) is 9.54. The molecule has 1 aromatic carbocycles. The van der Waals surface area contributed by atoms with Gasteiger partial charge in [-0.15, -0.1) is 0 Å². The highest BCUT2D eigenvalue weighted by molar-refractivity contribution is 8.00. The Bertz CT molecular complexity index is 448. The molecule has 110 valence electrons. The maximum absolute atomic E-state index is 12.0. The first-order valence-electron chi connectivity index (χ1n) is 6.80. The fraction of sp³-hybridized carbons (Fsp3) is 0.533. The normalized spacial score (nSPS) is 18.6. The number of benzene rings is 1. The lowest BCUT2D eigenvalue weighted by molar-refractivity contribution is -0.144. The van der Waals surface area contributed by atoms with E-state index in [0.717, 1.165) is 18.8 Å². The molecule has 1 atom stereocenters. The van der Waals surface area contributed by atoms with E-state index in [1.807, 2.05) is 44.2 Å². The highest BCUT2D eigenvalue weighted by atomic mass is 32.2. The van der Waals surface area contributed by atoms with Crippen molar-refractivity contribution in [3.8, 4) is 0 Å². The number of aliphatic carboxylic acids is 1. The molecule has 2 N–H and O–H groups in total. The fourth-order valence-electron chi connectivity index (χ4n) is 2.22. The molecule has 1 saturated heterocycles. The molecule has 5 heteroatoms. The summed E-state index contributed by atoms with van der Waals surface area (Å²) < 4.78 is 5.16. The summed E-state index contributed by atoms with van der Waals surface area (Å²) in [7, 11) is 0. The van der Waals surface area contributed by atoms with Gasteiger partial charge >= 0.3 is 5.97 Å². The summed E-state index contributed by atoms with van der Waals surface area (Å²) in [5.74, 6) is -0.330. The van der Waals surface area contributed by atoms with Crippen LogP contribution in [-0.4, -0.2) is 41.3 Å². The van der Waals surface area contributed by atoms with Crippen molar-refractivity contribution in [2.75, 3.05) is 19.0 Å². The first-order valence-corrected chi connectivity index (χ1v) is 7.85. The average Bonchev–Trinajstić information content (AvgIpc) is 2.35. The SMILES string of the molecule is CC(C)NC(CSC1COC1)(C(=O)O)c1ccccc1. The largest absolute Gasteiger partial charge is 0.480 e. The zero-order valence-corrected chi connectivity index (χ0v) is 12.7. The van der Waals surface area contributed by atoms with Gasteiger partial charge in [0.25, 0.3) is 0 Å². The molecule has 0 spiro atoms. The second-order valence-corrected chi connectivity index (χ2v) is 6.63. The second kappa shape index (κ2) is 6.61. The Labute approximate surface area is 123 Å². The molecule has 0 saturated carbocycles. The molecule has 0 aliphatic carbocycles. The van der Waals surface area contributed by atoms with Crippen molar-refractivity contribution in [1.82, 2.24) is 5.32 Å². The van der Waals surface area contributed by atoms with E-state index in [1.165, 1.54) is 0 Å². The van der Waals surface area contributed by atoms with Gasteiger partial charge in [0.05, 0.1) is 18.5 Å². The maximum Gasteiger partial charge on any atom is 0.329 e. The number of hydrogen-bond acceptors (Lipinski definition) is 4. The minimum Gasteiger partial charge on any atom is -0.480 e. The summed E-state index contributed by atoms with van der Waals surface area (Å²) in [6, 6.07) is 9.50. The molecule has 0 amide bonds. The molecular formula is C15H21NO3S. The van der Waals surface area contributed by atoms with E-state index in [1.54, 1.807) is 11.8 Å². The van der Waals surface area contributed by atoms with Crippen molar-refractivity contribution < 1.29 is 14.6 Å². The Morgan fingerprint density at radius 2 is 2.10 bits per heavy atom. The molecule has 1 unspecified atom stereocenters. The molecule has 0 bridgehead atoms. The molecule has 1 fully saturated rings. The van der Waals surface area contributed by atoms with E-state index in [9.17, 15) is 9.90 Å². The molecule has 1 aliphatic heterocycles. The van der Waals surface area contributed by atoms with Gasteiger partial charge in [-0.05, 0) is 19.4 Å². The van der Waals surface area contributed by atoms with E-state index in [-0.39, 0.29) is 6.04 Å². The number of rotatable bonds is 7. The van der Waals surface area contributed by atoms with Crippen molar-refractivity contribution in [2.45, 2.75) is 30.7 Å². The lowest BCUT2D eigenvalue weighted by atomic mass is 9.91. The van der Waals surface area contributed by atoms with Crippen LogP contribution in [0.2, 0.25) is 0 Å². The number of ether oxygens (including phenoxy) is 1. The Kier molecular flexibility index (Phi) is 5.07. The van der Waals surface area contributed by atoms with Crippen LogP contribution in [-0.2, 0) is 15.1 Å². The Morgan fingerprint density at radius 1 is 1.45 bits per heavy atom. The second-order valence-electron chi connectivity index (χ2n) is 5.35. The van der Waals surface area contributed by atoms with Crippen molar-refractivity contribution in [2.24, 2.45) is 0 Å². The minimum absolute atomic E-state index is 0.0875. The topological polar surface area (TPSA) is 58.6 Å². The summed E-state index contributed by atoms with van der Waals surface area (Å²) in [5.41, 5.74) is -0.246. The van der Waals surface area contributed by atoms with Crippen LogP contribution in [0.15, 0.2) is 30.3 Å². The van der Waals surface area contributed by atoms with Crippen LogP contribution < -0.4 is 5.32 Å². The molecule has 0 aromatic heterocycles. The van der Waals surface area contributed by atoms with Crippen LogP contribution in [0, 0.1) is 0 Å². The molecule has 4 nitrogen and oxygen atoms in total. The lowest BCUT2D eigenvalue weighted by Crippen LogP contribution is -2.54. The molecule has 1 aromatic rings. The van der Waals surface area contributed by atoms with E-state index in [4.69, 9.17) is 4.74 Å². The van der Waals surface area contributed by atoms with Crippen molar-refractivity contribution in [3.63, 3.8) is 0 Å². The molecular weight excluding hydrogens is 274 g/mol. The van der Waals surface area contributed by atoms with E-state index < -0.39 is 11.5 Å². The van der Waals surface area contributed by atoms with Crippen LogP contribution in [0.1, 0.15) is 19.4 Å². The van der Waals surface area contributed by atoms with E-state index in [2.05, 4.69) is 5.32 Å². The number of nitrogens with one attached hydrogen (secondary N) is 1. The van der Waals surface area contributed by atoms with Gasteiger partial charge in [0.15, 0.2) is 5.54 Å². The van der Waals surface area contributed by atoms with Crippen LogP contribution in [0.3, 0.4) is 0 Å². The minimum atomic E-state index is -1.05. The van der Waals surface area contributed by atoms with Crippen LogP contribution >= 0.6 is 11.8 Å². The van der Waals surface area contributed by atoms with Crippen LogP contribution in [0.25, 0.3) is 0 Å². The van der Waals surface area contributed by atoms with Crippen molar-refractivity contribution in [3.05, 3.63) is 35.9 Å². The molecule has 1 aliphatic rings. The Morgan fingerprint density at radius 3 is 2.55 bits per heavy atom. The number of thioether (sulfide) groups is 1. The average molecular weight is 295 g/mol. The van der Waals surface area contributed by atoms with Gasteiger partial charge in [-0.2, -0.15) is 11.8 Å². The van der Waals surface area contributed by atoms with Crippen LogP contribution in [0.5, 0.6) is 0 Å². The van der Waals surface area contributed by atoms with Gasteiger partial charge in [0.1, 0.15) is 0 Å². The third-order valence-electron chi connectivity index (χ3n) is 3.31. The fourth-order valence-corrected chi connectivity index (χ4v) is 3.47. The monoisotopic (exact) mass is 295 g/mol. The van der Waals surface area contributed by atoms with E-state index >= 15 is 0 Å². The van der Waals surface area contributed by atoms with Gasteiger partial charge < -0.3 is 9.84 Å². The number of hydrogen-bond donors (Lipinski definition) is 2. The maximum atomic E-state index is 12.0. The van der Waals surface area contributed by atoms with Gasteiger partial charge in [-0.25, -0.2) is 4.79 Å². The first kappa shape index (κ1) is 15.4. The third-order valence-corrected chi connectivity index (χ3v) is 4.65. The van der Waals surface area contributed by atoms with Gasteiger partial charge in [0, 0.05) is 11.8 Å². The summed E-state index contributed by atoms with van der Waals surface area (Å²) in [5, 5.41) is 13.5. The smallest absolute Gasteiger partial charge is 0.329 e. The van der Waals surface area contributed by atoms with Crippen LogP contribution in [0.4, 0.5) is 0 Å². The van der Waals surface area contributed by atoms with E-state index in [0.29, 0.717) is 11.0 Å². The standard InChI is InChI=1S/C15H21NO3S/c1-11(2)16-15(14(17)18,10-20-13-8-19-9-13)12-6-4-3-5-7-12/h3-7,11,13,16H,8-10H2,1-2H3,(H,17,18). The zero-order valence-electron chi connectivity index (χ0n) is 11.8. The number of carboxylic acid groups (broad SMARTS) is 1. The Balaban J connectivity index is 2.25. The molecule has 0 radical (unpaired) electrons. The highest BCUT2D eigenvalue weighted by Crippen LogP contribution is 2.31.